The second-order valence-electron chi connectivity index (χ2n) is 3.74. The highest BCUT2D eigenvalue weighted by molar-refractivity contribution is 5.74. The van der Waals surface area contributed by atoms with Crippen molar-refractivity contribution in [1.29, 1.82) is 0 Å². The Balaban J connectivity index is 2.54. The normalized spacial score (nSPS) is 10.2. The molecule has 0 bridgehead atoms. The Morgan fingerprint density at radius 1 is 1.29 bits per heavy atom. The fourth-order valence-electron chi connectivity index (χ4n) is 1.41. The monoisotopic (exact) mass is 240 g/mol. The van der Waals surface area contributed by atoms with Gasteiger partial charge in [0, 0.05) is 32.4 Å². The Kier molecular flexibility index (Phi) is 4.65. The summed E-state index contributed by atoms with van der Waals surface area (Å²) in [7, 11) is 1.53. The Hall–Kier alpha value is -1.89. The Bertz CT molecular complexity index is 503. The molecular weight excluding hydrogens is 224 g/mol. The van der Waals surface area contributed by atoms with Gasteiger partial charge in [-0.05, 0) is 12.8 Å². The van der Waals surface area contributed by atoms with E-state index in [9.17, 15) is 14.4 Å². The SMILES string of the molecule is Cn1ccn(CCCCC(=O)NN)c(=O)c1=O. The number of nitrogens with one attached hydrogen (secondary N) is 1. The van der Waals surface area contributed by atoms with E-state index in [0.717, 1.165) is 0 Å². The third-order valence-electron chi connectivity index (χ3n) is 2.45. The van der Waals surface area contributed by atoms with Crippen LogP contribution in [0.4, 0.5) is 0 Å². The number of hydrogen-bond acceptors (Lipinski definition) is 4. The van der Waals surface area contributed by atoms with Gasteiger partial charge in [-0.1, -0.05) is 0 Å². The van der Waals surface area contributed by atoms with Crippen molar-refractivity contribution >= 4 is 5.91 Å². The molecule has 0 saturated heterocycles. The summed E-state index contributed by atoms with van der Waals surface area (Å²) in [5.74, 6) is 4.69. The Labute approximate surface area is 97.8 Å². The van der Waals surface area contributed by atoms with E-state index in [1.807, 2.05) is 5.43 Å². The molecule has 1 rings (SSSR count). The maximum Gasteiger partial charge on any atom is 0.316 e. The topological polar surface area (TPSA) is 99.1 Å². The smallest absolute Gasteiger partial charge is 0.312 e. The molecule has 0 saturated carbocycles. The van der Waals surface area contributed by atoms with Crippen LogP contribution in [0, 0.1) is 0 Å². The number of rotatable bonds is 5. The first kappa shape index (κ1) is 13.2. The minimum atomic E-state index is -0.549. The number of hydrogen-bond donors (Lipinski definition) is 2. The minimum absolute atomic E-state index is 0.235. The zero-order valence-electron chi connectivity index (χ0n) is 9.68. The van der Waals surface area contributed by atoms with Gasteiger partial charge in [-0.25, -0.2) is 5.84 Å². The van der Waals surface area contributed by atoms with Crippen LogP contribution >= 0.6 is 0 Å². The van der Waals surface area contributed by atoms with E-state index in [1.165, 1.54) is 22.4 Å². The quantitative estimate of drug-likeness (QED) is 0.220. The van der Waals surface area contributed by atoms with Gasteiger partial charge in [-0.2, -0.15) is 0 Å². The number of hydrazine groups is 1. The number of carbonyl (C=O) groups excluding carboxylic acids is 1. The van der Waals surface area contributed by atoms with Crippen LogP contribution in [0.1, 0.15) is 19.3 Å². The van der Waals surface area contributed by atoms with Crippen molar-refractivity contribution in [2.75, 3.05) is 0 Å². The molecule has 0 aliphatic carbocycles. The second kappa shape index (κ2) is 6.00. The molecular formula is C10H16N4O3. The molecule has 7 heteroatoms. The summed E-state index contributed by atoms with van der Waals surface area (Å²) in [5, 5.41) is 0. The second-order valence-corrected chi connectivity index (χ2v) is 3.74. The molecule has 0 aliphatic rings. The van der Waals surface area contributed by atoms with E-state index in [1.54, 1.807) is 6.20 Å². The van der Waals surface area contributed by atoms with E-state index in [-0.39, 0.29) is 5.91 Å². The van der Waals surface area contributed by atoms with Gasteiger partial charge in [0.1, 0.15) is 0 Å². The zero-order valence-corrected chi connectivity index (χ0v) is 9.68. The van der Waals surface area contributed by atoms with Gasteiger partial charge in [0.2, 0.25) is 5.91 Å². The fourth-order valence-corrected chi connectivity index (χ4v) is 1.41. The van der Waals surface area contributed by atoms with Crippen molar-refractivity contribution in [3.8, 4) is 0 Å². The maximum absolute atomic E-state index is 11.5. The summed E-state index contributed by atoms with van der Waals surface area (Å²) in [4.78, 5) is 33.7. The third-order valence-corrected chi connectivity index (χ3v) is 2.45. The maximum atomic E-state index is 11.5. The van der Waals surface area contributed by atoms with Crippen LogP contribution in [0.3, 0.4) is 0 Å². The van der Waals surface area contributed by atoms with Crippen LogP contribution in [0.2, 0.25) is 0 Å². The van der Waals surface area contributed by atoms with E-state index in [4.69, 9.17) is 5.84 Å². The van der Waals surface area contributed by atoms with Crippen LogP contribution in [0.15, 0.2) is 22.0 Å². The van der Waals surface area contributed by atoms with E-state index in [0.29, 0.717) is 25.8 Å². The van der Waals surface area contributed by atoms with Crippen molar-refractivity contribution in [2.24, 2.45) is 12.9 Å². The predicted molar refractivity (Wildman–Crippen MR) is 62.1 cm³/mol. The average Bonchev–Trinajstić information content (AvgIpc) is 2.33. The lowest BCUT2D eigenvalue weighted by atomic mass is 10.2. The third kappa shape index (κ3) is 3.56. The first-order valence-electron chi connectivity index (χ1n) is 5.31. The minimum Gasteiger partial charge on any atom is -0.312 e. The zero-order chi connectivity index (χ0) is 12.8. The number of amides is 1. The summed E-state index contributed by atoms with van der Waals surface area (Å²) in [6, 6.07) is 0. The van der Waals surface area contributed by atoms with Crippen molar-refractivity contribution in [3.63, 3.8) is 0 Å². The van der Waals surface area contributed by atoms with E-state index < -0.39 is 11.1 Å². The highest BCUT2D eigenvalue weighted by Gasteiger charge is 2.02. The first-order chi connectivity index (χ1) is 8.06. The lowest BCUT2D eigenvalue weighted by Gasteiger charge is -2.05. The van der Waals surface area contributed by atoms with Crippen LogP contribution in [-0.2, 0) is 18.4 Å². The first-order valence-corrected chi connectivity index (χ1v) is 5.31. The summed E-state index contributed by atoms with van der Waals surface area (Å²) >= 11 is 0. The molecule has 0 radical (unpaired) electrons. The van der Waals surface area contributed by atoms with Crippen molar-refractivity contribution < 1.29 is 4.79 Å². The van der Waals surface area contributed by atoms with Crippen molar-refractivity contribution in [1.82, 2.24) is 14.6 Å². The van der Waals surface area contributed by atoms with Gasteiger partial charge >= 0.3 is 11.1 Å². The molecule has 1 aromatic rings. The molecule has 0 spiro atoms. The molecule has 0 atom stereocenters. The standard InChI is InChI=1S/C10H16N4O3/c1-13-6-7-14(10(17)9(13)16)5-3-2-4-8(15)12-11/h6-7H,2-5,11H2,1H3,(H,12,15). The highest BCUT2D eigenvalue weighted by atomic mass is 16.2. The number of aryl methyl sites for hydroxylation is 2. The summed E-state index contributed by atoms with van der Waals surface area (Å²) in [5.41, 5.74) is 0.939. The molecule has 1 heterocycles. The molecule has 0 fully saturated rings. The fraction of sp³-hybridized carbons (Fsp3) is 0.500. The number of nitrogens with zero attached hydrogens (tertiary/aromatic N) is 2. The summed E-state index contributed by atoms with van der Waals surface area (Å²) in [6.07, 6.45) is 4.67. The molecule has 0 unspecified atom stereocenters. The number of unbranched alkanes of at least 4 members (excludes halogenated alkanes) is 1. The molecule has 7 nitrogen and oxygen atoms in total. The van der Waals surface area contributed by atoms with Crippen molar-refractivity contribution in [2.45, 2.75) is 25.8 Å². The van der Waals surface area contributed by atoms with Gasteiger partial charge in [-0.15, -0.1) is 0 Å². The number of aromatic nitrogens is 2. The lowest BCUT2D eigenvalue weighted by Crippen LogP contribution is -2.39. The molecule has 0 aliphatic heterocycles. The molecule has 17 heavy (non-hydrogen) atoms. The largest absolute Gasteiger partial charge is 0.316 e. The summed E-state index contributed by atoms with van der Waals surface area (Å²) < 4.78 is 2.59. The van der Waals surface area contributed by atoms with Gasteiger partial charge in [0.25, 0.3) is 0 Å². The molecule has 94 valence electrons. The van der Waals surface area contributed by atoms with Crippen LogP contribution in [0.25, 0.3) is 0 Å². The van der Waals surface area contributed by atoms with Gasteiger partial charge in [0.05, 0.1) is 0 Å². The van der Waals surface area contributed by atoms with Gasteiger partial charge in [-0.3, -0.25) is 19.8 Å². The van der Waals surface area contributed by atoms with E-state index >= 15 is 0 Å². The molecule has 1 aromatic heterocycles. The highest BCUT2D eigenvalue weighted by Crippen LogP contribution is 1.96. The van der Waals surface area contributed by atoms with Gasteiger partial charge in [0.15, 0.2) is 0 Å². The number of nitrogens with two attached hydrogens (primary N) is 1. The predicted octanol–water partition coefficient (Wildman–Crippen LogP) is -1.29. The van der Waals surface area contributed by atoms with E-state index in [2.05, 4.69) is 0 Å². The molecule has 1 amide bonds. The van der Waals surface area contributed by atoms with Crippen LogP contribution < -0.4 is 22.4 Å². The molecule has 3 N–H and O–H groups in total. The van der Waals surface area contributed by atoms with Crippen molar-refractivity contribution in [3.05, 3.63) is 33.1 Å². The van der Waals surface area contributed by atoms with Crippen LogP contribution in [0.5, 0.6) is 0 Å². The average molecular weight is 240 g/mol. The van der Waals surface area contributed by atoms with Gasteiger partial charge < -0.3 is 9.13 Å². The number of carbonyl (C=O) groups is 1. The Morgan fingerprint density at radius 2 is 2.00 bits per heavy atom. The summed E-state index contributed by atoms with van der Waals surface area (Å²) in [6.45, 7) is 0.423. The van der Waals surface area contributed by atoms with Crippen LogP contribution in [-0.4, -0.2) is 15.0 Å². The molecule has 0 aromatic carbocycles. The lowest BCUT2D eigenvalue weighted by molar-refractivity contribution is -0.121. The Morgan fingerprint density at radius 3 is 2.65 bits per heavy atom.